The van der Waals surface area contributed by atoms with Gasteiger partial charge < -0.3 is 4.74 Å². The first-order valence-electron chi connectivity index (χ1n) is 5.56. The zero-order valence-corrected chi connectivity index (χ0v) is 9.57. The van der Waals surface area contributed by atoms with Crippen molar-refractivity contribution in [2.75, 3.05) is 0 Å². The number of benzene rings is 1. The van der Waals surface area contributed by atoms with Crippen LogP contribution in [0.1, 0.15) is 18.9 Å². The molecule has 0 saturated carbocycles. The van der Waals surface area contributed by atoms with Crippen LogP contribution in [0.15, 0.2) is 36.4 Å². The van der Waals surface area contributed by atoms with Gasteiger partial charge >= 0.3 is 0 Å². The highest BCUT2D eigenvalue weighted by Crippen LogP contribution is 2.30. The van der Waals surface area contributed by atoms with Gasteiger partial charge in [0.25, 0.3) is 0 Å². The summed E-state index contributed by atoms with van der Waals surface area (Å²) in [4.78, 5) is 0. The smallest absolute Gasteiger partial charge is 0.123 e. The number of fused-ring (bicyclic) bond motifs is 1. The van der Waals surface area contributed by atoms with Gasteiger partial charge in [-0.25, -0.2) is 0 Å². The maximum absolute atomic E-state index is 5.88. The van der Waals surface area contributed by atoms with Gasteiger partial charge in [-0.1, -0.05) is 23.8 Å². The summed E-state index contributed by atoms with van der Waals surface area (Å²) in [6.07, 6.45) is 1.87. The third-order valence-corrected chi connectivity index (χ3v) is 2.90. The lowest BCUT2D eigenvalue weighted by Gasteiger charge is -2.22. The molecule has 0 amide bonds. The van der Waals surface area contributed by atoms with Crippen LogP contribution in [-0.2, 0) is 6.42 Å². The van der Waals surface area contributed by atoms with E-state index in [0.29, 0.717) is 0 Å². The molecule has 0 fully saturated rings. The Balaban J connectivity index is 2.06. The molecule has 0 bridgehead atoms. The average molecular weight is 218 g/mol. The first kappa shape index (κ1) is 11.2. The number of ether oxygens (including phenoxy) is 1. The molecule has 0 aliphatic carbocycles. The summed E-state index contributed by atoms with van der Waals surface area (Å²) in [6.45, 7) is 5.92. The van der Waals surface area contributed by atoms with Crippen LogP contribution in [0.5, 0.6) is 5.75 Å². The van der Waals surface area contributed by atoms with E-state index >= 15 is 0 Å². The topological polar surface area (TPSA) is 47.3 Å². The van der Waals surface area contributed by atoms with Crippen molar-refractivity contribution in [1.82, 2.24) is 5.43 Å². The minimum Gasteiger partial charge on any atom is -0.488 e. The van der Waals surface area contributed by atoms with Gasteiger partial charge in [-0.2, -0.15) is 0 Å². The Morgan fingerprint density at radius 1 is 1.62 bits per heavy atom. The second-order valence-electron chi connectivity index (χ2n) is 4.40. The molecule has 16 heavy (non-hydrogen) atoms. The average Bonchev–Trinajstić information content (AvgIpc) is 2.68. The Morgan fingerprint density at radius 2 is 2.38 bits per heavy atom. The lowest BCUT2D eigenvalue weighted by atomic mass is 10.00. The summed E-state index contributed by atoms with van der Waals surface area (Å²) in [6, 6.07) is 8.26. The third-order valence-electron chi connectivity index (χ3n) is 2.90. The lowest BCUT2D eigenvalue weighted by Crippen LogP contribution is -2.46. The number of nitrogens with one attached hydrogen (secondary N) is 1. The molecule has 0 spiro atoms. The Hall–Kier alpha value is -1.32. The normalized spacial score (nSPS) is 20.0. The van der Waals surface area contributed by atoms with Crippen LogP contribution < -0.4 is 16.0 Å². The summed E-state index contributed by atoms with van der Waals surface area (Å²) in [7, 11) is 0. The summed E-state index contributed by atoms with van der Waals surface area (Å²) in [5, 5.41) is 0. The second-order valence-corrected chi connectivity index (χ2v) is 4.40. The van der Waals surface area contributed by atoms with Crippen LogP contribution >= 0.6 is 0 Å². The van der Waals surface area contributed by atoms with E-state index in [2.05, 4.69) is 18.1 Å². The second kappa shape index (κ2) is 4.68. The predicted octanol–water partition coefficient (Wildman–Crippen LogP) is 1.79. The Morgan fingerprint density at radius 3 is 3.00 bits per heavy atom. The van der Waals surface area contributed by atoms with E-state index in [-0.39, 0.29) is 12.1 Å². The van der Waals surface area contributed by atoms with E-state index in [4.69, 9.17) is 10.6 Å². The van der Waals surface area contributed by atoms with Crippen LogP contribution in [0.3, 0.4) is 0 Å². The quantitative estimate of drug-likeness (QED) is 0.460. The molecule has 3 heteroatoms. The first-order chi connectivity index (χ1) is 7.70. The van der Waals surface area contributed by atoms with Gasteiger partial charge in [0.05, 0.1) is 6.04 Å². The summed E-state index contributed by atoms with van der Waals surface area (Å²) in [5.74, 6) is 6.55. The molecule has 86 valence electrons. The van der Waals surface area contributed by atoms with Gasteiger partial charge in [0.15, 0.2) is 0 Å². The van der Waals surface area contributed by atoms with E-state index in [0.717, 1.165) is 24.2 Å². The zero-order valence-electron chi connectivity index (χ0n) is 9.57. The number of para-hydroxylation sites is 1. The van der Waals surface area contributed by atoms with Crippen LogP contribution in [-0.4, -0.2) is 12.1 Å². The number of hydrogen-bond donors (Lipinski definition) is 2. The van der Waals surface area contributed by atoms with E-state index < -0.39 is 0 Å². The van der Waals surface area contributed by atoms with Crippen molar-refractivity contribution in [3.8, 4) is 5.75 Å². The van der Waals surface area contributed by atoms with Crippen LogP contribution in [0.4, 0.5) is 0 Å². The van der Waals surface area contributed by atoms with Gasteiger partial charge in [-0.3, -0.25) is 11.3 Å². The fraction of sp³-hybridized carbons (Fsp3) is 0.385. The number of nitrogens with two attached hydrogens (primary N) is 1. The predicted molar refractivity (Wildman–Crippen MR) is 65.1 cm³/mol. The van der Waals surface area contributed by atoms with Gasteiger partial charge in [0.2, 0.25) is 0 Å². The van der Waals surface area contributed by atoms with Gasteiger partial charge in [0, 0.05) is 6.42 Å². The molecule has 3 nitrogen and oxygen atoms in total. The van der Waals surface area contributed by atoms with Gasteiger partial charge in [0.1, 0.15) is 11.9 Å². The monoisotopic (exact) mass is 218 g/mol. The van der Waals surface area contributed by atoms with Crippen LogP contribution in [0.25, 0.3) is 0 Å². The van der Waals surface area contributed by atoms with Crippen molar-refractivity contribution in [2.45, 2.75) is 31.9 Å². The molecule has 0 saturated heterocycles. The minimum atomic E-state index is 0.110. The zero-order chi connectivity index (χ0) is 11.5. The van der Waals surface area contributed by atoms with Gasteiger partial charge in [-0.15, -0.1) is 6.58 Å². The van der Waals surface area contributed by atoms with E-state index in [1.807, 2.05) is 25.1 Å². The highest BCUT2D eigenvalue weighted by molar-refractivity contribution is 5.37. The van der Waals surface area contributed by atoms with Crippen molar-refractivity contribution in [1.29, 1.82) is 0 Å². The standard InChI is InChI=1S/C13H18N2O/c1-9(2)7-11(15-14)13-8-10-5-3-4-6-12(10)16-13/h3-6,11,13,15H,1,7-8,14H2,2H3. The molecule has 1 aromatic rings. The molecular weight excluding hydrogens is 200 g/mol. The summed E-state index contributed by atoms with van der Waals surface area (Å²) in [5.41, 5.74) is 5.20. The summed E-state index contributed by atoms with van der Waals surface area (Å²) >= 11 is 0. The van der Waals surface area contributed by atoms with Crippen molar-refractivity contribution >= 4 is 0 Å². The number of hydrazine groups is 1. The highest BCUT2D eigenvalue weighted by atomic mass is 16.5. The molecule has 3 N–H and O–H groups in total. The lowest BCUT2D eigenvalue weighted by molar-refractivity contribution is 0.177. The van der Waals surface area contributed by atoms with E-state index in [1.165, 1.54) is 5.56 Å². The SMILES string of the molecule is C=C(C)CC(NN)C1Cc2ccccc2O1. The van der Waals surface area contributed by atoms with Crippen molar-refractivity contribution in [3.63, 3.8) is 0 Å². The fourth-order valence-corrected chi connectivity index (χ4v) is 2.11. The van der Waals surface area contributed by atoms with E-state index in [1.54, 1.807) is 0 Å². The molecule has 1 aromatic carbocycles. The van der Waals surface area contributed by atoms with E-state index in [9.17, 15) is 0 Å². The molecule has 1 aliphatic heterocycles. The third kappa shape index (κ3) is 2.26. The van der Waals surface area contributed by atoms with Crippen molar-refractivity contribution < 1.29 is 4.74 Å². The Labute approximate surface area is 96.3 Å². The number of rotatable bonds is 4. The molecule has 1 aliphatic rings. The van der Waals surface area contributed by atoms with Gasteiger partial charge in [-0.05, 0) is 25.0 Å². The van der Waals surface area contributed by atoms with Crippen molar-refractivity contribution in [3.05, 3.63) is 42.0 Å². The summed E-state index contributed by atoms with van der Waals surface area (Å²) < 4.78 is 5.88. The molecule has 1 heterocycles. The van der Waals surface area contributed by atoms with Crippen molar-refractivity contribution in [2.24, 2.45) is 5.84 Å². The maximum Gasteiger partial charge on any atom is 0.123 e. The highest BCUT2D eigenvalue weighted by Gasteiger charge is 2.29. The van der Waals surface area contributed by atoms with Crippen LogP contribution in [0.2, 0.25) is 0 Å². The maximum atomic E-state index is 5.88. The molecule has 0 radical (unpaired) electrons. The molecule has 2 rings (SSSR count). The fourth-order valence-electron chi connectivity index (χ4n) is 2.11. The molecular formula is C13H18N2O. The molecule has 2 atom stereocenters. The minimum absolute atomic E-state index is 0.110. The first-order valence-corrected chi connectivity index (χ1v) is 5.56. The molecule has 0 aromatic heterocycles. The Bertz CT molecular complexity index is 364. The largest absolute Gasteiger partial charge is 0.488 e. The molecule has 2 unspecified atom stereocenters. The van der Waals surface area contributed by atoms with Crippen LogP contribution in [0, 0.1) is 0 Å². The Kier molecular flexibility index (Phi) is 3.27. The number of hydrogen-bond acceptors (Lipinski definition) is 3.